The summed E-state index contributed by atoms with van der Waals surface area (Å²) >= 11 is 0. The third-order valence-corrected chi connectivity index (χ3v) is 1.64. The summed E-state index contributed by atoms with van der Waals surface area (Å²) in [5, 5.41) is 26.8. The van der Waals surface area contributed by atoms with E-state index in [1.807, 2.05) is 0 Å². The first-order valence-corrected chi connectivity index (χ1v) is 3.24. The second-order valence-electron chi connectivity index (χ2n) is 2.54. The van der Waals surface area contributed by atoms with Crippen molar-refractivity contribution in [2.24, 2.45) is 0 Å². The lowest BCUT2D eigenvalue weighted by molar-refractivity contribution is -0.147. The molecule has 0 aromatic carbocycles. The van der Waals surface area contributed by atoms with Gasteiger partial charge in [0.25, 0.3) is 0 Å². The lowest BCUT2D eigenvalue weighted by Crippen LogP contribution is -2.35. The molecule has 5 heteroatoms. The van der Waals surface area contributed by atoms with E-state index in [-0.39, 0.29) is 0 Å². The van der Waals surface area contributed by atoms with Crippen LogP contribution in [0.25, 0.3) is 0 Å². The van der Waals surface area contributed by atoms with Gasteiger partial charge in [-0.15, -0.1) is 0 Å². The number of ether oxygens (including phenoxy) is 1. The molecule has 0 amide bonds. The van der Waals surface area contributed by atoms with Gasteiger partial charge in [0.15, 0.2) is 12.1 Å². The van der Waals surface area contributed by atoms with Crippen molar-refractivity contribution in [3.63, 3.8) is 0 Å². The van der Waals surface area contributed by atoms with Crippen molar-refractivity contribution >= 4 is 5.78 Å². The summed E-state index contributed by atoms with van der Waals surface area (Å²) in [6.45, 7) is 1.22. The molecule has 64 valence electrons. The van der Waals surface area contributed by atoms with Crippen LogP contribution in [0.2, 0.25) is 0 Å². The van der Waals surface area contributed by atoms with Gasteiger partial charge in [-0.1, -0.05) is 0 Å². The van der Waals surface area contributed by atoms with E-state index in [0.717, 1.165) is 0 Å². The van der Waals surface area contributed by atoms with Crippen LogP contribution < -0.4 is 0 Å². The van der Waals surface area contributed by atoms with Crippen LogP contribution in [-0.4, -0.2) is 45.7 Å². The molecule has 1 saturated heterocycles. The summed E-state index contributed by atoms with van der Waals surface area (Å²) in [5.41, 5.74) is 0. The van der Waals surface area contributed by atoms with Gasteiger partial charge in [-0.25, -0.2) is 0 Å². The van der Waals surface area contributed by atoms with Crippen molar-refractivity contribution in [3.05, 3.63) is 0 Å². The van der Waals surface area contributed by atoms with E-state index in [2.05, 4.69) is 4.74 Å². The van der Waals surface area contributed by atoms with Gasteiger partial charge < -0.3 is 20.1 Å². The molecule has 0 bridgehead atoms. The fourth-order valence-corrected chi connectivity index (χ4v) is 0.995. The number of rotatable bonds is 1. The predicted molar refractivity (Wildman–Crippen MR) is 33.6 cm³/mol. The maximum Gasteiger partial charge on any atom is 0.184 e. The fourth-order valence-electron chi connectivity index (χ4n) is 0.995. The average Bonchev–Trinajstić information content (AvgIpc) is 2.17. The van der Waals surface area contributed by atoms with Gasteiger partial charge in [0.05, 0.1) is 0 Å². The molecule has 3 N–H and O–H groups in total. The van der Waals surface area contributed by atoms with Gasteiger partial charge in [-0.2, -0.15) is 0 Å². The first-order chi connectivity index (χ1) is 5.04. The average molecular weight is 162 g/mol. The molecule has 1 fully saturated rings. The number of ketones is 1. The van der Waals surface area contributed by atoms with Gasteiger partial charge in [0.2, 0.25) is 0 Å². The first-order valence-electron chi connectivity index (χ1n) is 3.24. The van der Waals surface area contributed by atoms with Crippen LogP contribution in [0.3, 0.4) is 0 Å². The van der Waals surface area contributed by atoms with E-state index < -0.39 is 30.4 Å². The maximum atomic E-state index is 10.6. The largest absolute Gasteiger partial charge is 0.387 e. The van der Waals surface area contributed by atoms with Crippen LogP contribution in [0.5, 0.6) is 0 Å². The lowest BCUT2D eigenvalue weighted by atomic mass is 10.1. The fraction of sp³-hybridized carbons (Fsp3) is 0.833. The summed E-state index contributed by atoms with van der Waals surface area (Å²) in [6.07, 6.45) is -5.26. The summed E-state index contributed by atoms with van der Waals surface area (Å²) in [7, 11) is 0. The Morgan fingerprint density at radius 1 is 1.27 bits per heavy atom. The van der Waals surface area contributed by atoms with Gasteiger partial charge in [0.1, 0.15) is 18.3 Å². The summed E-state index contributed by atoms with van der Waals surface area (Å²) in [6, 6.07) is 0. The molecule has 0 aromatic rings. The Kier molecular flexibility index (Phi) is 2.24. The van der Waals surface area contributed by atoms with Crippen molar-refractivity contribution in [2.75, 3.05) is 0 Å². The molecule has 4 atom stereocenters. The highest BCUT2D eigenvalue weighted by molar-refractivity contribution is 5.81. The Balaban J connectivity index is 2.67. The zero-order chi connectivity index (χ0) is 8.59. The predicted octanol–water partition coefficient (Wildman–Crippen LogP) is -1.99. The van der Waals surface area contributed by atoms with Crippen molar-refractivity contribution in [2.45, 2.75) is 31.5 Å². The van der Waals surface area contributed by atoms with Crippen LogP contribution in [0, 0.1) is 0 Å². The zero-order valence-corrected chi connectivity index (χ0v) is 5.97. The van der Waals surface area contributed by atoms with E-state index in [4.69, 9.17) is 15.3 Å². The highest BCUT2D eigenvalue weighted by Gasteiger charge is 2.43. The molecule has 0 aliphatic carbocycles. The van der Waals surface area contributed by atoms with Crippen LogP contribution in [0.1, 0.15) is 6.92 Å². The van der Waals surface area contributed by atoms with Crippen molar-refractivity contribution in [3.8, 4) is 0 Å². The summed E-state index contributed by atoms with van der Waals surface area (Å²) in [5.74, 6) is -0.409. The molecule has 1 rings (SSSR count). The van der Waals surface area contributed by atoms with Crippen molar-refractivity contribution in [1.29, 1.82) is 0 Å². The minimum Gasteiger partial charge on any atom is -0.387 e. The zero-order valence-electron chi connectivity index (χ0n) is 5.97. The second-order valence-corrected chi connectivity index (χ2v) is 2.54. The Morgan fingerprint density at radius 3 is 2.00 bits per heavy atom. The number of carbonyl (C=O) groups excluding carboxylic acids is 1. The summed E-state index contributed by atoms with van der Waals surface area (Å²) < 4.78 is 4.55. The maximum absolute atomic E-state index is 10.6. The van der Waals surface area contributed by atoms with Crippen LogP contribution in [-0.2, 0) is 9.53 Å². The Morgan fingerprint density at radius 2 is 1.82 bits per heavy atom. The summed E-state index contributed by atoms with van der Waals surface area (Å²) in [4.78, 5) is 10.6. The van der Waals surface area contributed by atoms with E-state index in [9.17, 15) is 4.79 Å². The Bertz CT molecular complexity index is 168. The number of Topliss-reactive ketones (excluding diaryl/α,β-unsaturated/α-hetero) is 1. The van der Waals surface area contributed by atoms with E-state index in [1.165, 1.54) is 6.92 Å². The molecule has 5 nitrogen and oxygen atoms in total. The molecular formula is C6H10O5. The standard InChI is InChI=1S/C6H10O5/c1-2(7)5-3(8)4(9)6(10)11-5/h3-6,8-10H,1H3/t3-,4-,5-,6+/m1/s1. The Labute approximate surface area is 63.2 Å². The smallest absolute Gasteiger partial charge is 0.184 e. The molecule has 0 radical (unpaired) electrons. The minimum atomic E-state index is -1.46. The number of hydrogen-bond donors (Lipinski definition) is 3. The minimum absolute atomic E-state index is 0.409. The number of hydrogen-bond acceptors (Lipinski definition) is 5. The quantitative estimate of drug-likeness (QED) is 0.415. The molecule has 0 aromatic heterocycles. The van der Waals surface area contributed by atoms with E-state index in [1.54, 1.807) is 0 Å². The molecular weight excluding hydrogens is 152 g/mol. The normalized spacial score (nSPS) is 44.4. The van der Waals surface area contributed by atoms with E-state index in [0.29, 0.717) is 0 Å². The second kappa shape index (κ2) is 2.86. The lowest BCUT2D eigenvalue weighted by Gasteiger charge is -2.09. The molecule has 0 saturated carbocycles. The van der Waals surface area contributed by atoms with Crippen LogP contribution >= 0.6 is 0 Å². The van der Waals surface area contributed by atoms with Gasteiger partial charge >= 0.3 is 0 Å². The van der Waals surface area contributed by atoms with E-state index >= 15 is 0 Å². The van der Waals surface area contributed by atoms with Crippen LogP contribution in [0.15, 0.2) is 0 Å². The third-order valence-electron chi connectivity index (χ3n) is 1.64. The highest BCUT2D eigenvalue weighted by Crippen LogP contribution is 2.19. The SMILES string of the molecule is CC(=O)[C@H]1O[C@H](O)[C@H](O)[C@H]1O. The molecule has 1 aliphatic heterocycles. The van der Waals surface area contributed by atoms with Crippen molar-refractivity contribution < 1.29 is 24.9 Å². The molecule has 0 unspecified atom stereocenters. The molecule has 0 spiro atoms. The topological polar surface area (TPSA) is 87.0 Å². The number of carbonyl (C=O) groups is 1. The monoisotopic (exact) mass is 162 g/mol. The van der Waals surface area contributed by atoms with Gasteiger partial charge in [0, 0.05) is 0 Å². The van der Waals surface area contributed by atoms with Gasteiger partial charge in [-0.3, -0.25) is 4.79 Å². The third kappa shape index (κ3) is 1.41. The van der Waals surface area contributed by atoms with Crippen molar-refractivity contribution in [1.82, 2.24) is 0 Å². The van der Waals surface area contributed by atoms with Crippen LogP contribution in [0.4, 0.5) is 0 Å². The number of aliphatic hydroxyl groups is 3. The van der Waals surface area contributed by atoms with Gasteiger partial charge in [-0.05, 0) is 6.92 Å². The first kappa shape index (κ1) is 8.61. The molecule has 1 aliphatic rings. The molecule has 11 heavy (non-hydrogen) atoms. The highest BCUT2D eigenvalue weighted by atomic mass is 16.6. The molecule has 1 heterocycles. The Hall–Kier alpha value is -0.490. The number of aliphatic hydroxyl groups excluding tert-OH is 3.